The molecule has 0 radical (unpaired) electrons. The van der Waals surface area contributed by atoms with Crippen LogP contribution in [-0.4, -0.2) is 39.4 Å². The summed E-state index contributed by atoms with van der Waals surface area (Å²) in [6.45, 7) is 2.94. The van der Waals surface area contributed by atoms with Gasteiger partial charge in [-0.3, -0.25) is 4.68 Å². The van der Waals surface area contributed by atoms with Crippen molar-refractivity contribution in [2.45, 2.75) is 19.3 Å². The lowest BCUT2D eigenvalue weighted by atomic mass is 10.3. The molecule has 0 bridgehead atoms. The van der Waals surface area contributed by atoms with E-state index in [1.807, 2.05) is 17.9 Å². The van der Waals surface area contributed by atoms with Gasteiger partial charge in [0.05, 0.1) is 11.6 Å². The molecule has 1 saturated heterocycles. The molecule has 23 heavy (non-hydrogen) atoms. The Morgan fingerprint density at radius 2 is 2.13 bits per heavy atom. The fraction of sp³-hybridized carbons (Fsp3) is 0.438. The van der Waals surface area contributed by atoms with E-state index in [9.17, 15) is 0 Å². The van der Waals surface area contributed by atoms with Gasteiger partial charge in [-0.1, -0.05) is 6.07 Å². The number of fused-ring (bicyclic) bond motifs is 1. The summed E-state index contributed by atoms with van der Waals surface area (Å²) in [6, 6.07) is 4.26. The van der Waals surface area contributed by atoms with Crippen LogP contribution in [0.15, 0.2) is 23.7 Å². The number of nitrogens with one attached hydrogen (secondary N) is 1. The van der Waals surface area contributed by atoms with E-state index in [-0.39, 0.29) is 0 Å². The third-order valence-electron chi connectivity index (χ3n) is 4.21. The van der Waals surface area contributed by atoms with Crippen LogP contribution < -0.4 is 10.2 Å². The molecule has 0 amide bonds. The number of anilines is 2. The molecule has 3 aromatic heterocycles. The van der Waals surface area contributed by atoms with Crippen LogP contribution in [0.1, 0.15) is 17.7 Å². The summed E-state index contributed by atoms with van der Waals surface area (Å²) in [5.74, 6) is 1.71. The molecule has 0 unspecified atom stereocenters. The summed E-state index contributed by atoms with van der Waals surface area (Å²) in [5, 5.41) is 10.9. The fourth-order valence-corrected chi connectivity index (χ4v) is 3.67. The number of rotatable bonds is 5. The van der Waals surface area contributed by atoms with Crippen LogP contribution in [0.25, 0.3) is 11.0 Å². The third kappa shape index (κ3) is 2.88. The van der Waals surface area contributed by atoms with E-state index in [1.165, 1.54) is 17.7 Å². The van der Waals surface area contributed by atoms with Crippen LogP contribution in [0.3, 0.4) is 0 Å². The van der Waals surface area contributed by atoms with Gasteiger partial charge in [-0.15, -0.1) is 11.3 Å². The first kappa shape index (κ1) is 14.4. The lowest BCUT2D eigenvalue weighted by Crippen LogP contribution is -2.21. The first-order chi connectivity index (χ1) is 11.3. The molecular formula is C16H20N6S. The maximum Gasteiger partial charge on any atom is 0.229 e. The van der Waals surface area contributed by atoms with E-state index in [1.54, 1.807) is 11.3 Å². The van der Waals surface area contributed by atoms with Gasteiger partial charge in [0, 0.05) is 31.6 Å². The van der Waals surface area contributed by atoms with Crippen molar-refractivity contribution < 1.29 is 0 Å². The minimum Gasteiger partial charge on any atom is -0.369 e. The normalized spacial score (nSPS) is 14.7. The topological polar surface area (TPSA) is 58.9 Å². The van der Waals surface area contributed by atoms with E-state index in [2.05, 4.69) is 32.8 Å². The summed E-state index contributed by atoms with van der Waals surface area (Å²) in [6.07, 6.45) is 5.28. The predicted molar refractivity (Wildman–Crippen MR) is 94.3 cm³/mol. The first-order valence-electron chi connectivity index (χ1n) is 8.02. The van der Waals surface area contributed by atoms with Gasteiger partial charge in [-0.2, -0.15) is 15.1 Å². The third-order valence-corrected chi connectivity index (χ3v) is 5.15. The van der Waals surface area contributed by atoms with Crippen LogP contribution in [0.5, 0.6) is 0 Å². The molecule has 120 valence electrons. The number of hydrogen-bond donors (Lipinski definition) is 1. The molecule has 3 aromatic rings. The highest BCUT2D eigenvalue weighted by atomic mass is 32.1. The largest absolute Gasteiger partial charge is 0.369 e. The van der Waals surface area contributed by atoms with Crippen LogP contribution in [0, 0.1) is 0 Å². The van der Waals surface area contributed by atoms with Crippen molar-refractivity contribution in [2.24, 2.45) is 7.05 Å². The Morgan fingerprint density at radius 1 is 1.26 bits per heavy atom. The lowest BCUT2D eigenvalue weighted by molar-refractivity contribution is 0.782. The van der Waals surface area contributed by atoms with E-state index < -0.39 is 0 Å². The van der Waals surface area contributed by atoms with E-state index in [0.29, 0.717) is 0 Å². The maximum atomic E-state index is 4.77. The second-order valence-corrected chi connectivity index (χ2v) is 6.86. The zero-order valence-corrected chi connectivity index (χ0v) is 14.0. The second-order valence-electron chi connectivity index (χ2n) is 5.83. The van der Waals surface area contributed by atoms with Crippen LogP contribution >= 0.6 is 11.3 Å². The number of aryl methyl sites for hydroxylation is 1. The quantitative estimate of drug-likeness (QED) is 0.780. The van der Waals surface area contributed by atoms with Gasteiger partial charge in [-0.05, 0) is 30.7 Å². The first-order valence-corrected chi connectivity index (χ1v) is 8.90. The van der Waals surface area contributed by atoms with Gasteiger partial charge in [0.25, 0.3) is 0 Å². The Labute approximate surface area is 139 Å². The van der Waals surface area contributed by atoms with Gasteiger partial charge in [0.2, 0.25) is 5.95 Å². The van der Waals surface area contributed by atoms with Gasteiger partial charge in [0.15, 0.2) is 5.65 Å². The highest BCUT2D eigenvalue weighted by Crippen LogP contribution is 2.25. The van der Waals surface area contributed by atoms with Crippen molar-refractivity contribution in [1.29, 1.82) is 0 Å². The summed E-state index contributed by atoms with van der Waals surface area (Å²) >= 11 is 1.79. The smallest absolute Gasteiger partial charge is 0.229 e. The van der Waals surface area contributed by atoms with Crippen molar-refractivity contribution in [2.75, 3.05) is 29.9 Å². The van der Waals surface area contributed by atoms with Crippen molar-refractivity contribution in [3.05, 3.63) is 28.6 Å². The maximum absolute atomic E-state index is 4.77. The van der Waals surface area contributed by atoms with Gasteiger partial charge >= 0.3 is 0 Å². The second kappa shape index (κ2) is 6.16. The average molecular weight is 328 g/mol. The van der Waals surface area contributed by atoms with Gasteiger partial charge in [-0.25, -0.2) is 0 Å². The Hall–Kier alpha value is -2.15. The summed E-state index contributed by atoms with van der Waals surface area (Å²) in [4.78, 5) is 13.1. The zero-order valence-electron chi connectivity index (χ0n) is 13.2. The number of thiophene rings is 1. The molecule has 7 heteroatoms. The lowest BCUT2D eigenvalue weighted by Gasteiger charge is -2.16. The molecular weight excluding hydrogens is 308 g/mol. The van der Waals surface area contributed by atoms with E-state index in [0.717, 1.165) is 48.9 Å². The Balaban J connectivity index is 1.60. The monoisotopic (exact) mass is 328 g/mol. The highest BCUT2D eigenvalue weighted by Gasteiger charge is 2.18. The fourth-order valence-electron chi connectivity index (χ4n) is 2.96. The number of nitrogens with zero attached hydrogens (tertiary/aromatic N) is 5. The van der Waals surface area contributed by atoms with Gasteiger partial charge in [0.1, 0.15) is 5.82 Å². The summed E-state index contributed by atoms with van der Waals surface area (Å²) in [5.41, 5.74) is 0.889. The SMILES string of the molecule is Cn1ncc2c(NCCc3cccs3)nc(N3CCCC3)nc21. The minimum atomic E-state index is 0.817. The Bertz CT molecular complexity index is 788. The number of aromatic nitrogens is 4. The number of hydrogen-bond acceptors (Lipinski definition) is 6. The molecule has 1 N–H and O–H groups in total. The van der Waals surface area contributed by atoms with Crippen LogP contribution in [-0.2, 0) is 13.5 Å². The van der Waals surface area contributed by atoms with Crippen molar-refractivity contribution in [3.63, 3.8) is 0 Å². The Kier molecular flexibility index (Phi) is 3.87. The molecule has 6 nitrogen and oxygen atoms in total. The van der Waals surface area contributed by atoms with Gasteiger partial charge < -0.3 is 10.2 Å². The molecule has 1 fully saturated rings. The molecule has 0 spiro atoms. The highest BCUT2D eigenvalue weighted by molar-refractivity contribution is 7.09. The summed E-state index contributed by atoms with van der Waals surface area (Å²) in [7, 11) is 1.93. The van der Waals surface area contributed by atoms with Crippen molar-refractivity contribution >= 4 is 34.1 Å². The standard InChI is InChI=1S/C16H20N6S/c1-21-15-13(11-18-21)14(17-7-6-12-5-4-10-23-12)19-16(20-15)22-8-2-3-9-22/h4-5,10-11H,2-3,6-9H2,1H3,(H,17,19,20). The molecule has 0 aromatic carbocycles. The van der Waals surface area contributed by atoms with Crippen molar-refractivity contribution in [1.82, 2.24) is 19.7 Å². The average Bonchev–Trinajstić information content (AvgIpc) is 3.29. The molecule has 4 heterocycles. The molecule has 1 aliphatic rings. The molecule has 1 aliphatic heterocycles. The van der Waals surface area contributed by atoms with Crippen molar-refractivity contribution in [3.8, 4) is 0 Å². The van der Waals surface area contributed by atoms with E-state index >= 15 is 0 Å². The molecule has 0 atom stereocenters. The Morgan fingerprint density at radius 3 is 2.91 bits per heavy atom. The molecule has 0 aliphatic carbocycles. The molecule has 4 rings (SSSR count). The van der Waals surface area contributed by atoms with Crippen LogP contribution in [0.2, 0.25) is 0 Å². The van der Waals surface area contributed by atoms with Crippen LogP contribution in [0.4, 0.5) is 11.8 Å². The minimum absolute atomic E-state index is 0.817. The predicted octanol–water partition coefficient (Wildman–Crippen LogP) is 2.68. The van der Waals surface area contributed by atoms with E-state index in [4.69, 9.17) is 9.97 Å². The molecule has 0 saturated carbocycles. The summed E-state index contributed by atoms with van der Waals surface area (Å²) < 4.78 is 1.82. The zero-order chi connectivity index (χ0) is 15.6.